The van der Waals surface area contributed by atoms with Gasteiger partial charge in [0.1, 0.15) is 5.82 Å². The summed E-state index contributed by atoms with van der Waals surface area (Å²) in [6, 6.07) is 11.4. The Morgan fingerprint density at radius 1 is 1.24 bits per heavy atom. The molecule has 0 aliphatic carbocycles. The van der Waals surface area contributed by atoms with Crippen molar-refractivity contribution in [1.82, 2.24) is 0 Å². The van der Waals surface area contributed by atoms with Crippen LogP contribution in [0.2, 0.25) is 5.02 Å². The van der Waals surface area contributed by atoms with Crippen molar-refractivity contribution in [2.45, 2.75) is 32.8 Å². The normalized spacial score (nSPS) is 11.7. The lowest BCUT2D eigenvalue weighted by Gasteiger charge is -2.15. The Kier molecular flexibility index (Phi) is 6.53. The number of amides is 1. The minimum atomic E-state index is -0.966. The van der Waals surface area contributed by atoms with Crippen molar-refractivity contribution < 1.29 is 18.7 Å². The molecule has 132 valence electrons. The molecule has 0 heterocycles. The highest BCUT2D eigenvalue weighted by Crippen LogP contribution is 2.20. The zero-order valence-electron chi connectivity index (χ0n) is 14.0. The van der Waals surface area contributed by atoms with Crippen LogP contribution >= 0.6 is 11.6 Å². The van der Waals surface area contributed by atoms with E-state index in [0.29, 0.717) is 16.3 Å². The van der Waals surface area contributed by atoms with Crippen LogP contribution in [0.5, 0.6) is 0 Å². The molecule has 0 aliphatic rings. The molecule has 0 saturated carbocycles. The second kappa shape index (κ2) is 8.62. The van der Waals surface area contributed by atoms with Gasteiger partial charge >= 0.3 is 5.97 Å². The Labute approximate surface area is 150 Å². The molecule has 1 N–H and O–H groups in total. The van der Waals surface area contributed by atoms with Gasteiger partial charge < -0.3 is 10.1 Å². The first kappa shape index (κ1) is 18.9. The monoisotopic (exact) mass is 363 g/mol. The summed E-state index contributed by atoms with van der Waals surface area (Å²) in [5.41, 5.74) is 1.84. The Hall–Kier alpha value is -2.40. The van der Waals surface area contributed by atoms with E-state index >= 15 is 0 Å². The van der Waals surface area contributed by atoms with E-state index in [1.54, 1.807) is 36.4 Å². The standard InChI is InChI=1S/C19H19ClFNO3/c1-12-7-9-15(20)11-17(12)22-19(24)13(2)25-18(23)10-8-14-5-3-4-6-16(14)21/h3-7,9,11,13H,8,10H2,1-2H3,(H,22,24)/t13-/m0/s1. The molecule has 2 aromatic carbocycles. The van der Waals surface area contributed by atoms with Crippen molar-refractivity contribution >= 4 is 29.2 Å². The molecule has 2 rings (SSSR count). The molecule has 1 amide bonds. The van der Waals surface area contributed by atoms with E-state index in [4.69, 9.17) is 16.3 Å². The molecule has 0 radical (unpaired) electrons. The number of ether oxygens (including phenoxy) is 1. The van der Waals surface area contributed by atoms with Crippen molar-refractivity contribution in [3.05, 3.63) is 64.4 Å². The molecule has 6 heteroatoms. The molecule has 25 heavy (non-hydrogen) atoms. The number of aryl methyl sites for hydroxylation is 2. The lowest BCUT2D eigenvalue weighted by molar-refractivity contribution is -0.153. The van der Waals surface area contributed by atoms with E-state index in [9.17, 15) is 14.0 Å². The largest absolute Gasteiger partial charge is 0.453 e. The van der Waals surface area contributed by atoms with E-state index in [1.807, 2.05) is 6.92 Å². The van der Waals surface area contributed by atoms with Crippen LogP contribution in [-0.2, 0) is 20.7 Å². The predicted octanol–water partition coefficient (Wildman–Crippen LogP) is 4.29. The predicted molar refractivity (Wildman–Crippen MR) is 95.1 cm³/mol. The quantitative estimate of drug-likeness (QED) is 0.779. The maximum absolute atomic E-state index is 13.5. The molecule has 0 saturated heterocycles. The van der Waals surface area contributed by atoms with Gasteiger partial charge in [-0.15, -0.1) is 0 Å². The van der Waals surface area contributed by atoms with Crippen LogP contribution in [0.3, 0.4) is 0 Å². The molecule has 0 aliphatic heterocycles. The SMILES string of the molecule is Cc1ccc(Cl)cc1NC(=O)[C@H](C)OC(=O)CCc1ccccc1F. The Balaban J connectivity index is 1.87. The Bertz CT molecular complexity index is 779. The average Bonchev–Trinajstić information content (AvgIpc) is 2.57. The molecule has 0 unspecified atom stereocenters. The second-order valence-electron chi connectivity index (χ2n) is 5.67. The van der Waals surface area contributed by atoms with Gasteiger partial charge in [0.05, 0.1) is 0 Å². The second-order valence-corrected chi connectivity index (χ2v) is 6.11. The number of anilines is 1. The van der Waals surface area contributed by atoms with Gasteiger partial charge in [-0.1, -0.05) is 35.9 Å². The highest BCUT2D eigenvalue weighted by molar-refractivity contribution is 6.31. The topological polar surface area (TPSA) is 55.4 Å². The molecule has 0 bridgehead atoms. The molecule has 0 spiro atoms. The van der Waals surface area contributed by atoms with Gasteiger partial charge in [0.15, 0.2) is 6.10 Å². The highest BCUT2D eigenvalue weighted by atomic mass is 35.5. The van der Waals surface area contributed by atoms with Gasteiger partial charge in [-0.05, 0) is 49.6 Å². The number of carbonyl (C=O) groups is 2. The first-order valence-corrected chi connectivity index (χ1v) is 8.24. The number of benzene rings is 2. The van der Waals surface area contributed by atoms with Crippen LogP contribution in [0.25, 0.3) is 0 Å². The summed E-state index contributed by atoms with van der Waals surface area (Å²) >= 11 is 5.91. The molecule has 1 atom stereocenters. The third-order valence-corrected chi connectivity index (χ3v) is 3.93. The third kappa shape index (κ3) is 5.57. The van der Waals surface area contributed by atoms with E-state index in [0.717, 1.165) is 5.56 Å². The van der Waals surface area contributed by atoms with Gasteiger partial charge in [-0.2, -0.15) is 0 Å². The number of rotatable bonds is 6. The number of carbonyl (C=O) groups excluding carboxylic acids is 2. The number of hydrogen-bond acceptors (Lipinski definition) is 3. The van der Waals surface area contributed by atoms with Crippen LogP contribution in [0.4, 0.5) is 10.1 Å². The summed E-state index contributed by atoms with van der Waals surface area (Å²) < 4.78 is 18.6. The van der Waals surface area contributed by atoms with Crippen molar-refractivity contribution in [3.8, 4) is 0 Å². The highest BCUT2D eigenvalue weighted by Gasteiger charge is 2.19. The van der Waals surface area contributed by atoms with Crippen LogP contribution < -0.4 is 5.32 Å². The summed E-state index contributed by atoms with van der Waals surface area (Å²) in [5.74, 6) is -1.38. The molecular weight excluding hydrogens is 345 g/mol. The first-order chi connectivity index (χ1) is 11.9. The minimum absolute atomic E-state index is 0.00521. The fourth-order valence-electron chi connectivity index (χ4n) is 2.21. The Morgan fingerprint density at radius 3 is 2.68 bits per heavy atom. The van der Waals surface area contributed by atoms with Gasteiger partial charge in [-0.25, -0.2) is 4.39 Å². The van der Waals surface area contributed by atoms with Crippen molar-refractivity contribution in [2.24, 2.45) is 0 Å². The first-order valence-electron chi connectivity index (χ1n) is 7.86. The van der Waals surface area contributed by atoms with Gasteiger partial charge in [-0.3, -0.25) is 9.59 Å². The summed E-state index contributed by atoms with van der Waals surface area (Å²) in [5, 5.41) is 3.17. The maximum Gasteiger partial charge on any atom is 0.306 e. The molecular formula is C19H19ClFNO3. The Morgan fingerprint density at radius 2 is 1.96 bits per heavy atom. The van der Waals surface area contributed by atoms with Crippen LogP contribution in [0, 0.1) is 12.7 Å². The van der Waals surface area contributed by atoms with Crippen molar-refractivity contribution in [3.63, 3.8) is 0 Å². The van der Waals surface area contributed by atoms with E-state index in [-0.39, 0.29) is 18.7 Å². The zero-order chi connectivity index (χ0) is 18.4. The summed E-state index contributed by atoms with van der Waals surface area (Å²) in [4.78, 5) is 24.0. The molecule has 2 aromatic rings. The zero-order valence-corrected chi connectivity index (χ0v) is 14.8. The molecule has 0 aromatic heterocycles. The lowest BCUT2D eigenvalue weighted by Crippen LogP contribution is -2.30. The maximum atomic E-state index is 13.5. The number of halogens is 2. The average molecular weight is 364 g/mol. The van der Waals surface area contributed by atoms with E-state index < -0.39 is 18.0 Å². The fourth-order valence-corrected chi connectivity index (χ4v) is 2.38. The minimum Gasteiger partial charge on any atom is -0.453 e. The van der Waals surface area contributed by atoms with Gasteiger partial charge in [0.2, 0.25) is 0 Å². The summed E-state index contributed by atoms with van der Waals surface area (Å²) in [6.45, 7) is 3.31. The van der Waals surface area contributed by atoms with Gasteiger partial charge in [0.25, 0.3) is 5.91 Å². The lowest BCUT2D eigenvalue weighted by atomic mass is 10.1. The van der Waals surface area contributed by atoms with Crippen LogP contribution in [0.1, 0.15) is 24.5 Å². The smallest absolute Gasteiger partial charge is 0.306 e. The number of nitrogens with one attached hydrogen (secondary N) is 1. The fraction of sp³-hybridized carbons (Fsp3) is 0.263. The van der Waals surface area contributed by atoms with Crippen LogP contribution in [-0.4, -0.2) is 18.0 Å². The molecule has 4 nitrogen and oxygen atoms in total. The molecule has 0 fully saturated rings. The van der Waals surface area contributed by atoms with Crippen molar-refractivity contribution in [2.75, 3.05) is 5.32 Å². The van der Waals surface area contributed by atoms with E-state index in [2.05, 4.69) is 5.32 Å². The number of esters is 1. The van der Waals surface area contributed by atoms with E-state index in [1.165, 1.54) is 13.0 Å². The number of hydrogen-bond donors (Lipinski definition) is 1. The van der Waals surface area contributed by atoms with Crippen LogP contribution in [0.15, 0.2) is 42.5 Å². The summed E-state index contributed by atoms with van der Waals surface area (Å²) in [7, 11) is 0. The van der Waals surface area contributed by atoms with Crippen molar-refractivity contribution in [1.29, 1.82) is 0 Å². The third-order valence-electron chi connectivity index (χ3n) is 3.69. The summed E-state index contributed by atoms with van der Waals surface area (Å²) in [6.07, 6.45) is -0.756. The van der Waals surface area contributed by atoms with Gasteiger partial charge in [0, 0.05) is 17.1 Å².